The van der Waals surface area contributed by atoms with E-state index < -0.39 is 12.0 Å². The molecule has 7 N–H and O–H groups in total. The maximum absolute atomic E-state index is 11.1. The molecule has 0 aromatic heterocycles. The highest BCUT2D eigenvalue weighted by atomic mass is 16.5. The number of rotatable bonds is 7. The fourth-order valence-electron chi connectivity index (χ4n) is 1.60. The molecule has 8 nitrogen and oxygen atoms in total. The smallest absolute Gasteiger partial charge is 0.404 e. The number of carbonyl (C=O) groups is 2. The van der Waals surface area contributed by atoms with Gasteiger partial charge in [0.25, 0.3) is 0 Å². The highest BCUT2D eigenvalue weighted by Crippen LogP contribution is 2.32. The Labute approximate surface area is 121 Å². The third-order valence-electron chi connectivity index (χ3n) is 2.57. The van der Waals surface area contributed by atoms with Gasteiger partial charge in [0, 0.05) is 18.7 Å². The van der Waals surface area contributed by atoms with E-state index in [0.29, 0.717) is 23.7 Å². The average molecular weight is 294 g/mol. The van der Waals surface area contributed by atoms with Crippen LogP contribution in [0.25, 0.3) is 0 Å². The Morgan fingerprint density at radius 1 is 1.33 bits per heavy atom. The van der Waals surface area contributed by atoms with Gasteiger partial charge in [-0.2, -0.15) is 0 Å². The molecule has 0 radical (unpaired) electrons. The summed E-state index contributed by atoms with van der Waals surface area (Å²) in [6, 6.07) is 2.96. The van der Waals surface area contributed by atoms with Crippen LogP contribution in [0.1, 0.15) is 10.4 Å². The van der Waals surface area contributed by atoms with Gasteiger partial charge in [-0.25, -0.2) is 4.79 Å². The molecule has 2 amide bonds. The number of nitrogen functional groups attached to an aromatic ring is 1. The quantitative estimate of drug-likeness (QED) is 0.369. The number of primary amides is 1. The summed E-state index contributed by atoms with van der Waals surface area (Å²) in [6.45, 7) is 0.627. The van der Waals surface area contributed by atoms with Crippen LogP contribution in [0.15, 0.2) is 24.3 Å². The summed E-state index contributed by atoms with van der Waals surface area (Å²) in [4.78, 5) is 21.4. The van der Waals surface area contributed by atoms with Gasteiger partial charge in [0.15, 0.2) is 0 Å². The van der Waals surface area contributed by atoms with Crippen molar-refractivity contribution < 1.29 is 19.4 Å². The topological polar surface area (TPSA) is 140 Å². The van der Waals surface area contributed by atoms with Gasteiger partial charge in [-0.15, -0.1) is 0 Å². The van der Waals surface area contributed by atoms with Gasteiger partial charge < -0.3 is 31.9 Å². The zero-order chi connectivity index (χ0) is 15.8. The van der Waals surface area contributed by atoms with E-state index in [1.54, 1.807) is 12.2 Å². The average Bonchev–Trinajstić information content (AvgIpc) is 2.42. The zero-order valence-electron chi connectivity index (χ0n) is 11.6. The SMILES string of the molecule is COc1cc(C(N)=O)cc(N)c1NC/C=C/CNC(=O)O. The summed E-state index contributed by atoms with van der Waals surface area (Å²) in [5.41, 5.74) is 12.2. The molecule has 114 valence electrons. The third-order valence-corrected chi connectivity index (χ3v) is 2.57. The van der Waals surface area contributed by atoms with Crippen LogP contribution in [0, 0.1) is 0 Å². The molecule has 0 fully saturated rings. The molecule has 1 aromatic carbocycles. The molecule has 0 saturated carbocycles. The van der Waals surface area contributed by atoms with Crippen molar-refractivity contribution in [3.8, 4) is 5.75 Å². The monoisotopic (exact) mass is 294 g/mol. The minimum absolute atomic E-state index is 0.213. The van der Waals surface area contributed by atoms with E-state index in [0.717, 1.165) is 0 Å². The largest absolute Gasteiger partial charge is 0.494 e. The van der Waals surface area contributed by atoms with Gasteiger partial charge in [-0.3, -0.25) is 4.79 Å². The van der Waals surface area contributed by atoms with Crippen LogP contribution in [0.5, 0.6) is 5.75 Å². The Balaban J connectivity index is 2.70. The van der Waals surface area contributed by atoms with Crippen LogP contribution in [0.2, 0.25) is 0 Å². The van der Waals surface area contributed by atoms with Crippen LogP contribution in [0.4, 0.5) is 16.2 Å². The molecular formula is C13H18N4O4. The Morgan fingerprint density at radius 3 is 2.57 bits per heavy atom. The second-order valence-corrected chi connectivity index (χ2v) is 4.05. The second kappa shape index (κ2) is 7.63. The second-order valence-electron chi connectivity index (χ2n) is 4.05. The number of carbonyl (C=O) groups excluding carboxylic acids is 1. The highest BCUT2D eigenvalue weighted by molar-refractivity contribution is 5.96. The van der Waals surface area contributed by atoms with E-state index in [-0.39, 0.29) is 12.1 Å². The van der Waals surface area contributed by atoms with Gasteiger partial charge in [0.1, 0.15) is 11.4 Å². The molecule has 0 heterocycles. The van der Waals surface area contributed by atoms with Crippen molar-refractivity contribution in [3.05, 3.63) is 29.8 Å². The summed E-state index contributed by atoms with van der Waals surface area (Å²) < 4.78 is 5.16. The Hall–Kier alpha value is -2.90. The van der Waals surface area contributed by atoms with Crippen molar-refractivity contribution in [2.45, 2.75) is 0 Å². The van der Waals surface area contributed by atoms with Crippen molar-refractivity contribution in [1.29, 1.82) is 0 Å². The van der Waals surface area contributed by atoms with Crippen molar-refractivity contribution >= 4 is 23.4 Å². The molecule has 0 saturated heterocycles. The summed E-state index contributed by atoms with van der Waals surface area (Å²) in [6.07, 6.45) is 2.30. The molecule has 1 aromatic rings. The first-order valence-electron chi connectivity index (χ1n) is 6.08. The van der Waals surface area contributed by atoms with Gasteiger partial charge in [-0.05, 0) is 12.1 Å². The first-order valence-corrected chi connectivity index (χ1v) is 6.08. The van der Waals surface area contributed by atoms with E-state index in [1.165, 1.54) is 19.2 Å². The van der Waals surface area contributed by atoms with Crippen molar-refractivity contribution in [1.82, 2.24) is 5.32 Å². The first kappa shape index (κ1) is 16.2. The standard InChI is InChI=1S/C13H18N4O4/c1-21-10-7-8(12(15)18)6-9(14)11(10)16-4-2-3-5-17-13(19)20/h2-3,6-7,16-17H,4-5,14H2,1H3,(H2,15,18)(H,19,20)/b3-2+. The summed E-state index contributed by atoms with van der Waals surface area (Å²) in [5, 5.41) is 13.6. The number of carboxylic acid groups (broad SMARTS) is 1. The molecule has 0 aliphatic carbocycles. The van der Waals surface area contributed by atoms with Crippen molar-refractivity contribution in [2.75, 3.05) is 31.2 Å². The van der Waals surface area contributed by atoms with E-state index in [9.17, 15) is 9.59 Å². The van der Waals surface area contributed by atoms with E-state index in [4.69, 9.17) is 21.3 Å². The van der Waals surface area contributed by atoms with E-state index in [1.807, 2.05) is 0 Å². The van der Waals surface area contributed by atoms with Gasteiger partial charge in [0.2, 0.25) is 5.91 Å². The number of benzene rings is 1. The fourth-order valence-corrected chi connectivity index (χ4v) is 1.60. The number of methoxy groups -OCH3 is 1. The molecule has 0 bridgehead atoms. The molecule has 0 atom stereocenters. The first-order chi connectivity index (χ1) is 9.95. The Kier molecular flexibility index (Phi) is 5.87. The predicted octanol–water partition coefficient (Wildman–Crippen LogP) is 0.612. The molecule has 1 rings (SSSR count). The Bertz CT molecular complexity index is 557. The van der Waals surface area contributed by atoms with Gasteiger partial charge >= 0.3 is 6.09 Å². The van der Waals surface area contributed by atoms with Gasteiger partial charge in [0.05, 0.1) is 12.8 Å². The maximum atomic E-state index is 11.1. The van der Waals surface area contributed by atoms with Gasteiger partial charge in [-0.1, -0.05) is 12.2 Å². The number of amides is 2. The van der Waals surface area contributed by atoms with E-state index >= 15 is 0 Å². The van der Waals surface area contributed by atoms with Crippen LogP contribution in [-0.2, 0) is 0 Å². The number of hydrogen-bond acceptors (Lipinski definition) is 5. The third kappa shape index (κ3) is 4.94. The number of hydrogen-bond donors (Lipinski definition) is 5. The molecule has 0 aliphatic rings. The molecule has 0 spiro atoms. The number of nitrogens with two attached hydrogens (primary N) is 2. The molecule has 8 heteroatoms. The van der Waals surface area contributed by atoms with Crippen LogP contribution in [0.3, 0.4) is 0 Å². The summed E-state index contributed by atoms with van der Waals surface area (Å²) in [5.74, 6) is -0.188. The fraction of sp³-hybridized carbons (Fsp3) is 0.231. The zero-order valence-corrected chi connectivity index (χ0v) is 11.6. The predicted molar refractivity (Wildman–Crippen MR) is 79.6 cm³/mol. The lowest BCUT2D eigenvalue weighted by Crippen LogP contribution is -2.20. The Morgan fingerprint density at radius 2 is 2.00 bits per heavy atom. The lowest BCUT2D eigenvalue weighted by atomic mass is 10.1. The van der Waals surface area contributed by atoms with Crippen molar-refractivity contribution in [3.63, 3.8) is 0 Å². The minimum atomic E-state index is -1.08. The normalized spacial score (nSPS) is 10.3. The van der Waals surface area contributed by atoms with Crippen LogP contribution in [-0.4, -0.2) is 37.3 Å². The minimum Gasteiger partial charge on any atom is -0.494 e. The van der Waals surface area contributed by atoms with Crippen LogP contribution < -0.4 is 26.8 Å². The lowest BCUT2D eigenvalue weighted by molar-refractivity contribution is 0.1000. The number of anilines is 2. The molecule has 0 aliphatic heterocycles. The summed E-state index contributed by atoms with van der Waals surface area (Å²) >= 11 is 0. The highest BCUT2D eigenvalue weighted by Gasteiger charge is 2.11. The molecule has 0 unspecified atom stereocenters. The number of ether oxygens (including phenoxy) is 1. The van der Waals surface area contributed by atoms with E-state index in [2.05, 4.69) is 10.6 Å². The summed E-state index contributed by atoms with van der Waals surface area (Å²) in [7, 11) is 1.46. The van der Waals surface area contributed by atoms with Crippen LogP contribution >= 0.6 is 0 Å². The van der Waals surface area contributed by atoms with Crippen molar-refractivity contribution in [2.24, 2.45) is 5.73 Å². The number of nitrogens with one attached hydrogen (secondary N) is 2. The molecular weight excluding hydrogens is 276 g/mol. The maximum Gasteiger partial charge on any atom is 0.404 e. The molecule has 21 heavy (non-hydrogen) atoms. The lowest BCUT2D eigenvalue weighted by Gasteiger charge is -2.13.